The van der Waals surface area contributed by atoms with Crippen LogP contribution in [0, 0.1) is 0 Å². The highest BCUT2D eigenvalue weighted by Crippen LogP contribution is 2.18. The third kappa shape index (κ3) is 5.35. The van der Waals surface area contributed by atoms with E-state index in [2.05, 4.69) is 12.0 Å². The Morgan fingerprint density at radius 3 is 2.42 bits per heavy atom. The van der Waals surface area contributed by atoms with Crippen molar-refractivity contribution in [2.45, 2.75) is 71.8 Å². The van der Waals surface area contributed by atoms with Gasteiger partial charge in [-0.05, 0) is 13.3 Å². The van der Waals surface area contributed by atoms with E-state index in [0.717, 1.165) is 12.8 Å². The minimum atomic E-state index is 0.123. The maximum absolute atomic E-state index is 12.1. The van der Waals surface area contributed by atoms with Gasteiger partial charge in [-0.3, -0.25) is 9.48 Å². The molecule has 0 bridgehead atoms. The molecule has 1 rings (SSSR count). The molecule has 1 aromatic rings. The second kappa shape index (κ2) is 9.13. The van der Waals surface area contributed by atoms with Crippen LogP contribution in [0.25, 0.3) is 0 Å². The van der Waals surface area contributed by atoms with Crippen LogP contribution >= 0.6 is 11.6 Å². The molecule has 0 aromatic carbocycles. The van der Waals surface area contributed by atoms with Gasteiger partial charge in [0.15, 0.2) is 5.78 Å². The van der Waals surface area contributed by atoms with Crippen LogP contribution in [0.2, 0.25) is 5.02 Å². The molecule has 0 unspecified atom stereocenters. The van der Waals surface area contributed by atoms with Crippen molar-refractivity contribution in [1.82, 2.24) is 9.78 Å². The number of aryl methyl sites for hydroxylation is 1. The summed E-state index contributed by atoms with van der Waals surface area (Å²) < 4.78 is 1.69. The number of ketones is 1. The van der Waals surface area contributed by atoms with Gasteiger partial charge in [0.2, 0.25) is 0 Å². The van der Waals surface area contributed by atoms with Crippen molar-refractivity contribution in [3.05, 3.63) is 16.9 Å². The maximum atomic E-state index is 12.1. The lowest BCUT2D eigenvalue weighted by Crippen LogP contribution is -2.09. The summed E-state index contributed by atoms with van der Waals surface area (Å²) in [5.41, 5.74) is 0.579. The number of Topliss-reactive ketones (excluding diaryl/α,β-unsaturated/α-hetero) is 1. The lowest BCUT2D eigenvalue weighted by Gasteiger charge is -2.05. The minimum Gasteiger partial charge on any atom is -0.292 e. The number of aromatic nitrogens is 2. The number of hydrogen-bond donors (Lipinski definition) is 0. The summed E-state index contributed by atoms with van der Waals surface area (Å²) in [4.78, 5) is 12.1. The summed E-state index contributed by atoms with van der Waals surface area (Å²) in [6.45, 7) is 4.87. The number of carbonyl (C=O) groups excluding carboxylic acids is 1. The fraction of sp³-hybridized carbons (Fsp3) is 0.733. The largest absolute Gasteiger partial charge is 0.292 e. The van der Waals surface area contributed by atoms with Crippen LogP contribution in [0.4, 0.5) is 0 Å². The van der Waals surface area contributed by atoms with Crippen LogP contribution in [0.1, 0.15) is 75.7 Å². The van der Waals surface area contributed by atoms with Gasteiger partial charge in [-0.2, -0.15) is 5.10 Å². The first-order valence-corrected chi connectivity index (χ1v) is 7.83. The molecule has 0 amide bonds. The van der Waals surface area contributed by atoms with Crippen LogP contribution in [0.5, 0.6) is 0 Å². The zero-order valence-electron chi connectivity index (χ0n) is 12.1. The van der Waals surface area contributed by atoms with E-state index in [1.54, 1.807) is 10.9 Å². The zero-order valence-corrected chi connectivity index (χ0v) is 12.9. The minimum absolute atomic E-state index is 0.123. The molecule has 0 aliphatic carbocycles. The molecule has 0 saturated carbocycles. The molecule has 3 nitrogen and oxygen atoms in total. The third-order valence-corrected chi connectivity index (χ3v) is 3.64. The molecule has 19 heavy (non-hydrogen) atoms. The van der Waals surface area contributed by atoms with E-state index >= 15 is 0 Å². The molecule has 0 spiro atoms. The molecule has 1 aromatic heterocycles. The van der Waals surface area contributed by atoms with E-state index < -0.39 is 0 Å². The van der Waals surface area contributed by atoms with Crippen LogP contribution in [0.3, 0.4) is 0 Å². The second-order valence-electron chi connectivity index (χ2n) is 4.95. The summed E-state index contributed by atoms with van der Waals surface area (Å²) in [6, 6.07) is 0. The summed E-state index contributed by atoms with van der Waals surface area (Å²) in [7, 11) is 0. The molecule has 0 atom stereocenters. The molecule has 108 valence electrons. The van der Waals surface area contributed by atoms with Crippen molar-refractivity contribution in [1.29, 1.82) is 0 Å². The van der Waals surface area contributed by atoms with Crippen LogP contribution in [-0.2, 0) is 6.54 Å². The van der Waals surface area contributed by atoms with Gasteiger partial charge in [-0.15, -0.1) is 0 Å². The molecule has 0 aliphatic rings. The predicted molar refractivity (Wildman–Crippen MR) is 79.9 cm³/mol. The fourth-order valence-corrected chi connectivity index (χ4v) is 2.49. The first kappa shape index (κ1) is 16.2. The SMILES string of the molecule is CCCCCCCCCC(=O)c1c(Cl)cnn1CC. The Balaban J connectivity index is 2.26. The van der Waals surface area contributed by atoms with E-state index in [4.69, 9.17) is 11.6 Å². The number of rotatable bonds is 10. The Kier molecular flexibility index (Phi) is 7.80. The smallest absolute Gasteiger partial charge is 0.182 e. The lowest BCUT2D eigenvalue weighted by atomic mass is 10.1. The van der Waals surface area contributed by atoms with Gasteiger partial charge in [0.05, 0.1) is 11.2 Å². The first-order chi connectivity index (χ1) is 9.20. The normalized spacial score (nSPS) is 10.9. The standard InChI is InChI=1S/C15H25ClN2O/c1-3-5-6-7-8-9-10-11-14(19)15-13(16)12-17-18(15)4-2/h12H,3-11H2,1-2H3. The molecular weight excluding hydrogens is 260 g/mol. The Morgan fingerprint density at radius 1 is 1.16 bits per heavy atom. The van der Waals surface area contributed by atoms with Crippen molar-refractivity contribution in [3.63, 3.8) is 0 Å². The Morgan fingerprint density at radius 2 is 1.79 bits per heavy atom. The van der Waals surface area contributed by atoms with Crippen molar-refractivity contribution < 1.29 is 4.79 Å². The average Bonchev–Trinajstić information content (AvgIpc) is 2.78. The second-order valence-corrected chi connectivity index (χ2v) is 5.36. The monoisotopic (exact) mass is 284 g/mol. The molecule has 0 saturated heterocycles. The van der Waals surface area contributed by atoms with Gasteiger partial charge < -0.3 is 0 Å². The molecule has 0 N–H and O–H groups in total. The number of hydrogen-bond acceptors (Lipinski definition) is 2. The highest BCUT2D eigenvalue weighted by molar-refractivity contribution is 6.33. The quantitative estimate of drug-likeness (QED) is 0.453. The highest BCUT2D eigenvalue weighted by Gasteiger charge is 2.15. The fourth-order valence-electron chi connectivity index (χ4n) is 2.24. The number of nitrogens with zero attached hydrogens (tertiary/aromatic N) is 2. The van der Waals surface area contributed by atoms with E-state index in [1.165, 1.54) is 32.1 Å². The van der Waals surface area contributed by atoms with Crippen LogP contribution in [-0.4, -0.2) is 15.6 Å². The Labute approximate surface area is 121 Å². The third-order valence-electron chi connectivity index (χ3n) is 3.37. The summed E-state index contributed by atoms with van der Waals surface area (Å²) >= 11 is 6.01. The van der Waals surface area contributed by atoms with Crippen molar-refractivity contribution in [2.75, 3.05) is 0 Å². The van der Waals surface area contributed by atoms with Gasteiger partial charge in [0, 0.05) is 13.0 Å². The zero-order chi connectivity index (χ0) is 14.1. The molecular formula is C15H25ClN2O. The highest BCUT2D eigenvalue weighted by atomic mass is 35.5. The van der Waals surface area contributed by atoms with E-state index in [9.17, 15) is 4.79 Å². The molecule has 0 fully saturated rings. The van der Waals surface area contributed by atoms with Crippen molar-refractivity contribution in [2.24, 2.45) is 0 Å². The maximum Gasteiger partial charge on any atom is 0.182 e. The van der Waals surface area contributed by atoms with E-state index in [-0.39, 0.29) is 5.78 Å². The summed E-state index contributed by atoms with van der Waals surface area (Å²) in [6.07, 6.45) is 10.7. The first-order valence-electron chi connectivity index (χ1n) is 7.45. The summed E-state index contributed by atoms with van der Waals surface area (Å²) in [5.74, 6) is 0.123. The van der Waals surface area contributed by atoms with Crippen LogP contribution < -0.4 is 0 Å². The van der Waals surface area contributed by atoms with E-state index in [1.807, 2.05) is 6.92 Å². The Bertz CT molecular complexity index is 387. The number of halogens is 1. The van der Waals surface area contributed by atoms with Gasteiger partial charge in [0.25, 0.3) is 0 Å². The molecule has 0 radical (unpaired) electrons. The van der Waals surface area contributed by atoms with Crippen LogP contribution in [0.15, 0.2) is 6.20 Å². The van der Waals surface area contributed by atoms with Crippen molar-refractivity contribution in [3.8, 4) is 0 Å². The predicted octanol–water partition coefficient (Wildman–Crippen LogP) is 4.88. The molecule has 1 heterocycles. The van der Waals surface area contributed by atoms with E-state index in [0.29, 0.717) is 23.7 Å². The Hall–Kier alpha value is -0.830. The average molecular weight is 285 g/mol. The topological polar surface area (TPSA) is 34.9 Å². The lowest BCUT2D eigenvalue weighted by molar-refractivity contribution is 0.0969. The summed E-state index contributed by atoms with van der Waals surface area (Å²) in [5, 5.41) is 4.58. The van der Waals surface area contributed by atoms with Gasteiger partial charge in [-0.1, -0.05) is 57.0 Å². The number of unbranched alkanes of at least 4 members (excludes halogenated alkanes) is 6. The van der Waals surface area contributed by atoms with Gasteiger partial charge in [-0.25, -0.2) is 0 Å². The van der Waals surface area contributed by atoms with Gasteiger partial charge >= 0.3 is 0 Å². The number of carbonyl (C=O) groups is 1. The van der Waals surface area contributed by atoms with Gasteiger partial charge in [0.1, 0.15) is 5.69 Å². The van der Waals surface area contributed by atoms with Crippen molar-refractivity contribution >= 4 is 17.4 Å². The molecule has 0 aliphatic heterocycles. The molecule has 4 heteroatoms.